The summed E-state index contributed by atoms with van der Waals surface area (Å²) in [5.41, 5.74) is 1.03. The highest BCUT2D eigenvalue weighted by molar-refractivity contribution is 7.44. The molecule has 246 valence electrons. The van der Waals surface area contributed by atoms with Gasteiger partial charge >= 0.3 is 14.4 Å². The molecule has 4 rings (SSSR count). The van der Waals surface area contributed by atoms with E-state index in [0.717, 1.165) is 26.0 Å². The van der Waals surface area contributed by atoms with Gasteiger partial charge in [0.05, 0.1) is 25.5 Å². The minimum Gasteiger partial charge on any atom is -0.497 e. The molecule has 1 aliphatic heterocycles. The number of aliphatic hydroxyl groups is 3. The summed E-state index contributed by atoms with van der Waals surface area (Å²) in [4.78, 5) is 66.0. The van der Waals surface area contributed by atoms with Crippen molar-refractivity contribution in [2.24, 2.45) is 0 Å². The van der Waals surface area contributed by atoms with Crippen molar-refractivity contribution in [3.8, 4) is 16.9 Å². The highest BCUT2D eigenvalue weighted by Gasteiger charge is 2.43. The number of hydrogen-bond acceptors (Lipinski definition) is 13. The molecule has 0 saturated carbocycles. The standard InChI is InChI=1S/C23H25N3O7.CH5O2P.HO2P.2H3OP/c1-32-17-4-2-14(3-5-17)15-6-9-24-16(12-15)13-26-19(28)7-10-25(23(26)31)22-21(30)20(29)18(33-22)8-11-27;1-4(2)3;1-3-2;2*1-2/h2-7,9-10,12,18,20-22,27,29-30H,8,11,13H2,1H3;2-3H,1H3;(H,1,2);2*1H,2H2. The van der Waals surface area contributed by atoms with Crippen molar-refractivity contribution in [2.45, 2.75) is 37.5 Å². The van der Waals surface area contributed by atoms with Crippen LogP contribution >= 0.6 is 36.0 Å². The molecule has 1 fully saturated rings. The van der Waals surface area contributed by atoms with E-state index in [9.17, 15) is 19.8 Å². The van der Waals surface area contributed by atoms with Crippen molar-refractivity contribution in [1.29, 1.82) is 0 Å². The predicted octanol–water partition coefficient (Wildman–Crippen LogP) is -0.234. The fourth-order valence-corrected chi connectivity index (χ4v) is 3.89. The first kappa shape index (κ1) is 41.9. The van der Waals surface area contributed by atoms with Crippen LogP contribution in [0, 0.1) is 0 Å². The van der Waals surface area contributed by atoms with Gasteiger partial charge in [0.25, 0.3) is 5.56 Å². The van der Waals surface area contributed by atoms with Gasteiger partial charge in [0, 0.05) is 31.7 Å². The minimum absolute atomic E-state index is 0.0893. The fourth-order valence-electron chi connectivity index (χ4n) is 3.89. The Labute approximate surface area is 260 Å². The summed E-state index contributed by atoms with van der Waals surface area (Å²) in [5, 5.41) is 29.6. The van der Waals surface area contributed by atoms with Crippen LogP contribution in [0.3, 0.4) is 0 Å². The number of benzene rings is 1. The molecule has 0 spiro atoms. The molecule has 1 aromatic carbocycles. The topological polar surface area (TPSA) is 254 Å². The van der Waals surface area contributed by atoms with E-state index in [4.69, 9.17) is 43.6 Å². The average Bonchev–Trinajstić information content (AvgIpc) is 3.30. The molecular formula is C24H37N3O13P4. The molecular weight excluding hydrogens is 662 g/mol. The van der Waals surface area contributed by atoms with Gasteiger partial charge in [-0.2, -0.15) is 0 Å². The molecule has 20 heteroatoms. The van der Waals surface area contributed by atoms with Crippen LogP contribution in [0.2, 0.25) is 0 Å². The second kappa shape index (κ2) is 23.3. The molecule has 0 radical (unpaired) electrons. The number of hydrogen-bond donors (Lipinski definition) is 8. The lowest BCUT2D eigenvalue weighted by Crippen LogP contribution is -2.43. The monoisotopic (exact) mass is 699 g/mol. The molecule has 2 aromatic heterocycles. The quantitative estimate of drug-likeness (QED) is 0.148. The van der Waals surface area contributed by atoms with Gasteiger partial charge in [-0.05, 0) is 60.7 Å². The average molecular weight is 699 g/mol. The summed E-state index contributed by atoms with van der Waals surface area (Å²) >= 11 is 0. The SMILES string of the molecule is COc1ccc(-c2ccnc(Cn3c(=O)ccn(C4OC(CCO)C(O)C4O)c3=O)c2)cc1.CP(O)O.O=PO.OP.OP. The number of methoxy groups -OCH3 is 1. The molecule has 0 bridgehead atoms. The molecule has 6 unspecified atom stereocenters. The number of aliphatic hydroxyl groups excluding tert-OH is 3. The van der Waals surface area contributed by atoms with Crippen LogP contribution in [0.25, 0.3) is 11.1 Å². The number of nitrogens with zero attached hydrogens (tertiary/aromatic N) is 3. The molecule has 3 heterocycles. The van der Waals surface area contributed by atoms with Crippen LogP contribution in [0.5, 0.6) is 5.75 Å². The van der Waals surface area contributed by atoms with Gasteiger partial charge in [0.2, 0.25) is 0 Å². The van der Waals surface area contributed by atoms with E-state index in [-0.39, 0.29) is 19.6 Å². The number of pyridine rings is 1. The summed E-state index contributed by atoms with van der Waals surface area (Å²) in [7, 11) is 1.97. The Kier molecular flexibility index (Phi) is 22.1. The molecule has 3 aromatic rings. The van der Waals surface area contributed by atoms with E-state index in [1.54, 1.807) is 19.4 Å². The smallest absolute Gasteiger partial charge is 0.333 e. The lowest BCUT2D eigenvalue weighted by Gasteiger charge is -2.18. The van der Waals surface area contributed by atoms with Crippen LogP contribution in [0.1, 0.15) is 18.3 Å². The van der Waals surface area contributed by atoms with Gasteiger partial charge in [-0.1, -0.05) is 12.1 Å². The Bertz CT molecular complexity index is 1340. The van der Waals surface area contributed by atoms with Gasteiger partial charge in [-0.15, -0.1) is 0 Å². The predicted molar refractivity (Wildman–Crippen MR) is 169 cm³/mol. The minimum atomic E-state index is -1.62. The summed E-state index contributed by atoms with van der Waals surface area (Å²) < 4.78 is 21.3. The van der Waals surface area contributed by atoms with Crippen LogP contribution in [-0.2, 0) is 15.8 Å². The molecule has 1 saturated heterocycles. The largest absolute Gasteiger partial charge is 0.497 e. The lowest BCUT2D eigenvalue weighted by atomic mass is 10.1. The Morgan fingerprint density at radius 3 is 2.11 bits per heavy atom. The first-order valence-electron chi connectivity index (χ1n) is 12.2. The van der Waals surface area contributed by atoms with Gasteiger partial charge in [-0.25, -0.2) is 9.36 Å². The van der Waals surface area contributed by atoms with Gasteiger partial charge in [-0.3, -0.25) is 18.9 Å². The first-order valence-corrected chi connectivity index (χ1v) is 15.7. The molecule has 8 N–H and O–H groups in total. The van der Waals surface area contributed by atoms with E-state index in [2.05, 4.69) is 4.98 Å². The van der Waals surface area contributed by atoms with Crippen molar-refractivity contribution >= 4 is 36.0 Å². The third-order valence-electron chi connectivity index (χ3n) is 5.68. The van der Waals surface area contributed by atoms with Crippen molar-refractivity contribution in [3.05, 3.63) is 81.4 Å². The zero-order chi connectivity index (χ0) is 33.8. The maximum atomic E-state index is 13.1. The Morgan fingerprint density at radius 1 is 1.02 bits per heavy atom. The first-order chi connectivity index (χ1) is 21.1. The summed E-state index contributed by atoms with van der Waals surface area (Å²) in [6, 6.07) is 12.3. The molecule has 6 atom stereocenters. The zero-order valence-electron chi connectivity index (χ0n) is 23.6. The third-order valence-corrected chi connectivity index (χ3v) is 5.68. The van der Waals surface area contributed by atoms with Gasteiger partial charge in [0.1, 0.15) is 18.0 Å². The molecule has 16 nitrogen and oxygen atoms in total. The normalized spacial score (nSPS) is 18.4. The molecule has 0 aliphatic carbocycles. The lowest BCUT2D eigenvalue weighted by molar-refractivity contribution is -0.0458. The van der Waals surface area contributed by atoms with Gasteiger partial charge in [0.15, 0.2) is 14.6 Å². The second-order valence-corrected chi connectivity index (χ2v) is 9.47. The van der Waals surface area contributed by atoms with E-state index in [1.807, 2.05) is 30.3 Å². The van der Waals surface area contributed by atoms with Crippen LogP contribution in [0.15, 0.2) is 64.4 Å². The second-order valence-electron chi connectivity index (χ2n) is 8.32. The number of ether oxygens (including phenoxy) is 2. The summed E-state index contributed by atoms with van der Waals surface area (Å²) in [6.07, 6.45) is -1.74. The van der Waals surface area contributed by atoms with E-state index in [0.29, 0.717) is 5.69 Å². The number of rotatable bonds is 7. The van der Waals surface area contributed by atoms with E-state index < -0.39 is 52.9 Å². The summed E-state index contributed by atoms with van der Waals surface area (Å²) in [6.45, 7) is 1.01. The molecule has 44 heavy (non-hydrogen) atoms. The van der Waals surface area contributed by atoms with Crippen molar-refractivity contribution in [3.63, 3.8) is 0 Å². The Hall–Kier alpha value is -2.12. The van der Waals surface area contributed by atoms with Crippen molar-refractivity contribution < 1.29 is 53.8 Å². The number of aromatic nitrogens is 3. The highest BCUT2D eigenvalue weighted by Crippen LogP contribution is 2.29. The Morgan fingerprint density at radius 2 is 1.59 bits per heavy atom. The van der Waals surface area contributed by atoms with Crippen LogP contribution in [0.4, 0.5) is 0 Å². The maximum Gasteiger partial charge on any atom is 0.333 e. The Balaban J connectivity index is 0.00000148. The summed E-state index contributed by atoms with van der Waals surface area (Å²) in [5.74, 6) is 0.729. The zero-order valence-corrected chi connectivity index (χ0v) is 27.7. The molecule has 1 aliphatic rings. The van der Waals surface area contributed by atoms with Crippen LogP contribution < -0.4 is 16.0 Å². The fraction of sp³-hybridized carbons (Fsp3) is 0.375. The highest BCUT2D eigenvalue weighted by atomic mass is 31.2. The van der Waals surface area contributed by atoms with Crippen molar-refractivity contribution in [2.75, 3.05) is 20.4 Å². The van der Waals surface area contributed by atoms with E-state index >= 15 is 0 Å². The van der Waals surface area contributed by atoms with E-state index in [1.165, 1.54) is 37.9 Å². The van der Waals surface area contributed by atoms with Crippen molar-refractivity contribution in [1.82, 2.24) is 14.1 Å². The maximum absolute atomic E-state index is 13.1. The van der Waals surface area contributed by atoms with Crippen LogP contribution in [-0.4, -0.2) is 92.6 Å². The van der Waals surface area contributed by atoms with Gasteiger partial charge < -0.3 is 49.3 Å². The third kappa shape index (κ3) is 13.1. The molecule has 0 amide bonds.